The van der Waals surface area contributed by atoms with Crippen LogP contribution in [0, 0.1) is 0 Å². The molecule has 11 heteroatoms. The van der Waals surface area contributed by atoms with Gasteiger partial charge in [-0.2, -0.15) is 18.3 Å². The number of fused-ring (bicyclic) bond motifs is 1. The summed E-state index contributed by atoms with van der Waals surface area (Å²) in [6, 6.07) is 2.02. The zero-order chi connectivity index (χ0) is 18.6. The summed E-state index contributed by atoms with van der Waals surface area (Å²) in [6.07, 6.45) is -3.41. The molecule has 3 rings (SSSR count). The van der Waals surface area contributed by atoms with Gasteiger partial charge in [-0.05, 0) is 25.1 Å². The lowest BCUT2D eigenvalue weighted by molar-refractivity contribution is -0.137. The Hall–Kier alpha value is -2.07. The summed E-state index contributed by atoms with van der Waals surface area (Å²) in [5.41, 5.74) is -1.15. The Kier molecular flexibility index (Phi) is 4.07. The van der Waals surface area contributed by atoms with Crippen LogP contribution in [0.1, 0.15) is 28.5 Å². The highest BCUT2D eigenvalue weighted by Gasteiger charge is 2.44. The van der Waals surface area contributed by atoms with E-state index < -0.39 is 39.1 Å². The lowest BCUT2D eigenvalue weighted by Gasteiger charge is -2.16. The van der Waals surface area contributed by atoms with Gasteiger partial charge in [-0.1, -0.05) is 11.6 Å². The molecule has 0 N–H and O–H groups in total. The molecule has 1 aromatic heterocycles. The van der Waals surface area contributed by atoms with E-state index in [1.807, 2.05) is 0 Å². The van der Waals surface area contributed by atoms with E-state index in [0.29, 0.717) is 23.0 Å². The van der Waals surface area contributed by atoms with Crippen LogP contribution in [0.4, 0.5) is 13.2 Å². The minimum atomic E-state index is -4.72. The number of sulfonamides is 1. The van der Waals surface area contributed by atoms with Crippen LogP contribution in [0.15, 0.2) is 29.3 Å². The number of hydrogen-bond donors (Lipinski definition) is 0. The van der Waals surface area contributed by atoms with Crippen molar-refractivity contribution >= 4 is 27.5 Å². The standard InChI is InChI=1S/C14H11ClF3N3O3S/c1-2-20-11(10(15)6-19-20)7-21-13(22)9-4-3-8(14(16,17)18)5-12(9)25(21,23)24/h3-6H,2,7H2,1H3. The Bertz CT molecular complexity index is 969. The van der Waals surface area contributed by atoms with E-state index in [2.05, 4.69) is 5.10 Å². The highest BCUT2D eigenvalue weighted by molar-refractivity contribution is 7.90. The summed E-state index contributed by atoms with van der Waals surface area (Å²) in [4.78, 5) is 11.7. The maximum atomic E-state index is 12.8. The lowest BCUT2D eigenvalue weighted by atomic mass is 10.1. The molecule has 2 aromatic rings. The molecule has 0 saturated heterocycles. The first-order valence-electron chi connectivity index (χ1n) is 7.06. The third kappa shape index (κ3) is 2.78. The van der Waals surface area contributed by atoms with Crippen molar-refractivity contribution in [3.8, 4) is 0 Å². The van der Waals surface area contributed by atoms with E-state index in [-0.39, 0.29) is 16.3 Å². The number of amides is 1. The van der Waals surface area contributed by atoms with E-state index >= 15 is 0 Å². The average molecular weight is 394 g/mol. The van der Waals surface area contributed by atoms with Crippen LogP contribution < -0.4 is 0 Å². The van der Waals surface area contributed by atoms with E-state index in [9.17, 15) is 26.4 Å². The van der Waals surface area contributed by atoms with Gasteiger partial charge in [0.05, 0.1) is 34.6 Å². The lowest BCUT2D eigenvalue weighted by Crippen LogP contribution is -2.30. The zero-order valence-electron chi connectivity index (χ0n) is 12.7. The first-order valence-corrected chi connectivity index (χ1v) is 8.87. The number of rotatable bonds is 3. The maximum absolute atomic E-state index is 12.8. The largest absolute Gasteiger partial charge is 0.416 e. The summed E-state index contributed by atoms with van der Waals surface area (Å²) in [7, 11) is -4.41. The minimum Gasteiger partial charge on any atom is -0.268 e. The number of alkyl halides is 3. The number of hydrogen-bond acceptors (Lipinski definition) is 4. The summed E-state index contributed by atoms with van der Waals surface area (Å²) in [5.74, 6) is -0.899. The van der Waals surface area contributed by atoms with Gasteiger partial charge in [0.15, 0.2) is 0 Å². The van der Waals surface area contributed by atoms with E-state index in [4.69, 9.17) is 11.6 Å². The molecule has 0 aliphatic carbocycles. The Balaban J connectivity index is 2.07. The van der Waals surface area contributed by atoms with Gasteiger partial charge in [-0.15, -0.1) is 0 Å². The SMILES string of the molecule is CCn1ncc(Cl)c1CN1C(=O)c2ccc(C(F)(F)F)cc2S1(=O)=O. The van der Waals surface area contributed by atoms with Crippen molar-refractivity contribution in [3.63, 3.8) is 0 Å². The molecule has 1 aliphatic rings. The highest BCUT2D eigenvalue weighted by Crippen LogP contribution is 2.37. The molecule has 134 valence electrons. The van der Waals surface area contributed by atoms with Gasteiger partial charge in [0.25, 0.3) is 15.9 Å². The Morgan fingerprint density at radius 3 is 2.56 bits per heavy atom. The Morgan fingerprint density at radius 1 is 1.28 bits per heavy atom. The second-order valence-corrected chi connectivity index (χ2v) is 7.52. The van der Waals surface area contributed by atoms with Crippen molar-refractivity contribution in [2.45, 2.75) is 31.1 Å². The topological polar surface area (TPSA) is 72.3 Å². The van der Waals surface area contributed by atoms with Gasteiger partial charge in [0.2, 0.25) is 0 Å². The third-order valence-corrected chi connectivity index (χ3v) is 5.91. The monoisotopic (exact) mass is 393 g/mol. The summed E-state index contributed by atoms with van der Waals surface area (Å²) in [5, 5.41) is 4.11. The average Bonchev–Trinajstić information content (AvgIpc) is 2.98. The molecular formula is C14H11ClF3N3O3S. The molecule has 0 fully saturated rings. The smallest absolute Gasteiger partial charge is 0.268 e. The fraction of sp³-hybridized carbons (Fsp3) is 0.286. The molecule has 25 heavy (non-hydrogen) atoms. The van der Waals surface area contributed by atoms with Gasteiger partial charge >= 0.3 is 6.18 Å². The normalized spacial score (nSPS) is 16.4. The third-order valence-electron chi connectivity index (χ3n) is 3.82. The van der Waals surface area contributed by atoms with Gasteiger partial charge in [-0.25, -0.2) is 12.7 Å². The van der Waals surface area contributed by atoms with E-state index in [1.54, 1.807) is 6.92 Å². The van der Waals surface area contributed by atoms with Crippen LogP contribution in [0.25, 0.3) is 0 Å². The molecule has 0 atom stereocenters. The maximum Gasteiger partial charge on any atom is 0.416 e. The Morgan fingerprint density at radius 2 is 1.96 bits per heavy atom. The van der Waals surface area contributed by atoms with Crippen molar-refractivity contribution in [2.75, 3.05) is 0 Å². The summed E-state index contributed by atoms with van der Waals surface area (Å²) >= 11 is 5.97. The van der Waals surface area contributed by atoms with Crippen LogP contribution in [0.3, 0.4) is 0 Å². The van der Waals surface area contributed by atoms with E-state index in [1.165, 1.54) is 10.9 Å². The summed E-state index contributed by atoms with van der Waals surface area (Å²) < 4.78 is 65.6. The van der Waals surface area contributed by atoms with Crippen molar-refractivity contribution in [2.24, 2.45) is 0 Å². The van der Waals surface area contributed by atoms with Crippen molar-refractivity contribution in [3.05, 3.63) is 46.2 Å². The number of carbonyl (C=O) groups excluding carboxylic acids is 1. The highest BCUT2D eigenvalue weighted by atomic mass is 35.5. The molecule has 0 radical (unpaired) electrons. The second-order valence-electron chi connectivity index (χ2n) is 5.28. The molecule has 0 spiro atoms. The molecule has 0 unspecified atom stereocenters. The fourth-order valence-electron chi connectivity index (χ4n) is 2.56. The predicted octanol–water partition coefficient (Wildman–Crippen LogP) is 2.92. The number of carbonyl (C=O) groups is 1. The van der Waals surface area contributed by atoms with Crippen molar-refractivity contribution in [1.82, 2.24) is 14.1 Å². The predicted molar refractivity (Wildman–Crippen MR) is 81.4 cm³/mol. The zero-order valence-corrected chi connectivity index (χ0v) is 14.3. The number of benzene rings is 1. The van der Waals surface area contributed by atoms with Crippen molar-refractivity contribution < 1.29 is 26.4 Å². The molecule has 1 aromatic carbocycles. The second kappa shape index (κ2) is 5.73. The molecule has 1 amide bonds. The molecule has 2 heterocycles. The van der Waals surface area contributed by atoms with Crippen LogP contribution in [-0.4, -0.2) is 28.4 Å². The van der Waals surface area contributed by atoms with Crippen LogP contribution in [-0.2, 0) is 29.3 Å². The van der Waals surface area contributed by atoms with Gasteiger partial charge < -0.3 is 0 Å². The van der Waals surface area contributed by atoms with Crippen LogP contribution >= 0.6 is 11.6 Å². The fourth-order valence-corrected chi connectivity index (χ4v) is 4.32. The number of nitrogens with zero attached hydrogens (tertiary/aromatic N) is 3. The van der Waals surface area contributed by atoms with Crippen molar-refractivity contribution in [1.29, 1.82) is 0 Å². The molecule has 1 aliphatic heterocycles. The van der Waals surface area contributed by atoms with E-state index in [0.717, 1.165) is 6.07 Å². The van der Waals surface area contributed by atoms with Gasteiger partial charge in [-0.3, -0.25) is 9.48 Å². The quantitative estimate of drug-likeness (QED) is 0.803. The van der Waals surface area contributed by atoms with Gasteiger partial charge in [0, 0.05) is 6.54 Å². The number of aromatic nitrogens is 2. The van der Waals surface area contributed by atoms with Crippen LogP contribution in [0.2, 0.25) is 5.02 Å². The number of halogens is 4. The first kappa shape index (κ1) is 17.7. The Labute approximate surface area is 145 Å². The minimum absolute atomic E-state index is 0.164. The van der Waals surface area contributed by atoms with Gasteiger partial charge in [0.1, 0.15) is 4.90 Å². The van der Waals surface area contributed by atoms with Crippen LogP contribution in [0.5, 0.6) is 0 Å². The summed E-state index contributed by atoms with van der Waals surface area (Å²) in [6.45, 7) is 1.72. The number of aryl methyl sites for hydroxylation is 1. The molecule has 0 saturated carbocycles. The molecular weight excluding hydrogens is 383 g/mol. The first-order chi connectivity index (χ1) is 11.6. The molecule has 6 nitrogen and oxygen atoms in total. The molecule has 0 bridgehead atoms.